The van der Waals surface area contributed by atoms with Crippen molar-refractivity contribution in [2.45, 2.75) is 39.7 Å². The third-order valence-electron chi connectivity index (χ3n) is 2.99. The molecule has 108 valence electrons. The van der Waals surface area contributed by atoms with Crippen LogP contribution in [-0.2, 0) is 13.5 Å². The van der Waals surface area contributed by atoms with Crippen molar-refractivity contribution in [1.29, 1.82) is 0 Å². The van der Waals surface area contributed by atoms with Gasteiger partial charge in [-0.15, -0.1) is 0 Å². The van der Waals surface area contributed by atoms with Gasteiger partial charge < -0.3 is 11.1 Å². The summed E-state index contributed by atoms with van der Waals surface area (Å²) in [5.74, 6) is 0.914. The van der Waals surface area contributed by atoms with Crippen LogP contribution in [0.5, 0.6) is 0 Å². The van der Waals surface area contributed by atoms with Gasteiger partial charge in [-0.25, -0.2) is 4.68 Å². The van der Waals surface area contributed by atoms with Crippen molar-refractivity contribution in [3.05, 3.63) is 15.8 Å². The molecule has 1 atom stereocenters. The smallest absolute Gasteiger partial charge is 0.333 e. The van der Waals surface area contributed by atoms with Crippen molar-refractivity contribution in [3.63, 3.8) is 0 Å². The second-order valence-electron chi connectivity index (χ2n) is 5.08. The van der Waals surface area contributed by atoms with Gasteiger partial charge >= 0.3 is 5.69 Å². The van der Waals surface area contributed by atoms with Gasteiger partial charge in [0.1, 0.15) is 5.69 Å². The van der Waals surface area contributed by atoms with Gasteiger partial charge in [0.2, 0.25) is 5.82 Å². The Bertz CT molecular complexity index is 442. The van der Waals surface area contributed by atoms with Gasteiger partial charge in [-0.2, -0.15) is 5.10 Å². The fourth-order valence-electron chi connectivity index (χ4n) is 2.14. The first-order valence-corrected chi connectivity index (χ1v) is 6.57. The summed E-state index contributed by atoms with van der Waals surface area (Å²) >= 11 is 0. The average Bonchev–Trinajstić information content (AvgIpc) is 2.64. The molecule has 0 bridgehead atoms. The van der Waals surface area contributed by atoms with E-state index in [2.05, 4.69) is 24.3 Å². The second-order valence-corrected chi connectivity index (χ2v) is 5.08. The first-order chi connectivity index (χ1) is 8.90. The van der Waals surface area contributed by atoms with Crippen molar-refractivity contribution in [2.75, 3.05) is 11.9 Å². The zero-order valence-electron chi connectivity index (χ0n) is 12.0. The molecule has 1 heterocycles. The third-order valence-corrected chi connectivity index (χ3v) is 2.99. The highest BCUT2D eigenvalue weighted by Gasteiger charge is 2.27. The van der Waals surface area contributed by atoms with E-state index in [9.17, 15) is 10.1 Å². The molecule has 0 aromatic carbocycles. The maximum Gasteiger partial charge on any atom is 0.333 e. The highest BCUT2D eigenvalue weighted by atomic mass is 16.6. The maximum absolute atomic E-state index is 11.2. The molecule has 0 saturated heterocycles. The molecule has 0 radical (unpaired) electrons. The lowest BCUT2D eigenvalue weighted by molar-refractivity contribution is -0.384. The van der Waals surface area contributed by atoms with Gasteiger partial charge in [0, 0.05) is 19.6 Å². The average molecular weight is 269 g/mol. The Morgan fingerprint density at radius 1 is 1.53 bits per heavy atom. The lowest BCUT2D eigenvalue weighted by Crippen LogP contribution is -2.31. The molecular weight excluding hydrogens is 246 g/mol. The van der Waals surface area contributed by atoms with Crippen molar-refractivity contribution in [1.82, 2.24) is 9.78 Å². The number of nitrogens with two attached hydrogens (primary N) is 1. The molecule has 0 saturated carbocycles. The number of aromatic nitrogens is 2. The number of nitrogens with zero attached hydrogens (tertiary/aromatic N) is 3. The Hall–Kier alpha value is -1.63. The zero-order chi connectivity index (χ0) is 14.6. The first kappa shape index (κ1) is 15.4. The van der Waals surface area contributed by atoms with Gasteiger partial charge in [-0.3, -0.25) is 10.1 Å². The molecule has 1 aromatic rings. The Kier molecular flexibility index (Phi) is 5.29. The number of anilines is 1. The lowest BCUT2D eigenvalue weighted by atomic mass is 10.0. The number of rotatable bonds is 7. The zero-order valence-corrected chi connectivity index (χ0v) is 12.0. The van der Waals surface area contributed by atoms with E-state index >= 15 is 0 Å². The minimum Gasteiger partial charge on any atom is -0.361 e. The molecule has 0 aliphatic rings. The molecule has 0 amide bonds. The number of nitrogens with one attached hydrogen (secondary N) is 1. The van der Waals surface area contributed by atoms with Crippen molar-refractivity contribution in [3.8, 4) is 0 Å². The normalized spacial score (nSPS) is 12.7. The summed E-state index contributed by atoms with van der Waals surface area (Å²) in [5.41, 5.74) is 6.28. The molecule has 1 unspecified atom stereocenters. The first-order valence-electron chi connectivity index (χ1n) is 6.57. The lowest BCUT2D eigenvalue weighted by Gasteiger charge is -2.19. The third kappa shape index (κ3) is 3.66. The molecule has 3 N–H and O–H groups in total. The van der Waals surface area contributed by atoms with E-state index < -0.39 is 0 Å². The van der Waals surface area contributed by atoms with Gasteiger partial charge in [0.15, 0.2) is 0 Å². The summed E-state index contributed by atoms with van der Waals surface area (Å²) < 4.78 is 1.53. The van der Waals surface area contributed by atoms with Gasteiger partial charge in [-0.05, 0) is 18.8 Å². The Balaban J connectivity index is 3.05. The van der Waals surface area contributed by atoms with Gasteiger partial charge in [0.25, 0.3) is 0 Å². The van der Waals surface area contributed by atoms with Crippen LogP contribution in [0.3, 0.4) is 0 Å². The van der Waals surface area contributed by atoms with Crippen molar-refractivity contribution >= 4 is 11.5 Å². The number of hydrogen-bond acceptors (Lipinski definition) is 5. The number of nitro groups is 1. The minimum atomic E-state index is -0.378. The van der Waals surface area contributed by atoms with E-state index in [0.29, 0.717) is 30.4 Å². The summed E-state index contributed by atoms with van der Waals surface area (Å²) in [4.78, 5) is 10.8. The Morgan fingerprint density at radius 2 is 2.16 bits per heavy atom. The van der Waals surface area contributed by atoms with E-state index in [0.717, 1.165) is 6.42 Å². The second kappa shape index (κ2) is 6.51. The van der Waals surface area contributed by atoms with Crippen LogP contribution in [0.15, 0.2) is 0 Å². The summed E-state index contributed by atoms with van der Waals surface area (Å²) in [7, 11) is 1.71. The molecule has 7 heteroatoms. The van der Waals surface area contributed by atoms with Crippen LogP contribution in [0, 0.1) is 16.0 Å². The highest BCUT2D eigenvalue weighted by molar-refractivity contribution is 5.60. The summed E-state index contributed by atoms with van der Waals surface area (Å²) in [6.45, 7) is 6.48. The molecule has 1 rings (SSSR count). The van der Waals surface area contributed by atoms with Crippen LogP contribution < -0.4 is 11.1 Å². The van der Waals surface area contributed by atoms with Crippen LogP contribution in [0.2, 0.25) is 0 Å². The van der Waals surface area contributed by atoms with Crippen LogP contribution in [-0.4, -0.2) is 27.3 Å². The van der Waals surface area contributed by atoms with E-state index in [-0.39, 0.29) is 16.7 Å². The molecule has 1 aromatic heterocycles. The highest BCUT2D eigenvalue weighted by Crippen LogP contribution is 2.29. The van der Waals surface area contributed by atoms with E-state index in [4.69, 9.17) is 5.73 Å². The Labute approximate surface area is 113 Å². The van der Waals surface area contributed by atoms with E-state index in [1.54, 1.807) is 7.05 Å². The molecule has 0 aliphatic carbocycles. The molecule has 0 fully saturated rings. The molecule has 7 nitrogen and oxygen atoms in total. The standard InChI is InChI=1S/C12H23N5O2/c1-5-10-11(17(18)19)12(16(4)15-10)14-9(7-13)6-8(2)3/h8-9,14H,5-7,13H2,1-4H3. The minimum absolute atomic E-state index is 0.0128. The van der Waals surface area contributed by atoms with Crippen molar-refractivity contribution in [2.24, 2.45) is 18.7 Å². The van der Waals surface area contributed by atoms with Crippen LogP contribution >= 0.6 is 0 Å². The molecule has 0 spiro atoms. The predicted octanol–water partition coefficient (Wildman–Crippen LogP) is 1.68. The van der Waals surface area contributed by atoms with E-state index in [1.807, 2.05) is 6.92 Å². The molecule has 19 heavy (non-hydrogen) atoms. The largest absolute Gasteiger partial charge is 0.361 e. The summed E-state index contributed by atoms with van der Waals surface area (Å²) in [5, 5.41) is 18.5. The van der Waals surface area contributed by atoms with Crippen LogP contribution in [0.4, 0.5) is 11.5 Å². The quantitative estimate of drug-likeness (QED) is 0.579. The Morgan fingerprint density at radius 3 is 2.58 bits per heavy atom. The summed E-state index contributed by atoms with van der Waals surface area (Å²) in [6.07, 6.45) is 1.39. The number of aryl methyl sites for hydroxylation is 2. The van der Waals surface area contributed by atoms with E-state index in [1.165, 1.54) is 4.68 Å². The SMILES string of the molecule is CCc1nn(C)c(NC(CN)CC(C)C)c1[N+](=O)[O-]. The fraction of sp³-hybridized carbons (Fsp3) is 0.750. The topological polar surface area (TPSA) is 99.0 Å². The molecule has 0 aliphatic heterocycles. The predicted molar refractivity (Wildman–Crippen MR) is 75.2 cm³/mol. The van der Waals surface area contributed by atoms with Crippen LogP contribution in [0.1, 0.15) is 32.9 Å². The van der Waals surface area contributed by atoms with Crippen molar-refractivity contribution < 1.29 is 4.92 Å². The molecular formula is C12H23N5O2. The number of hydrogen-bond donors (Lipinski definition) is 2. The van der Waals surface area contributed by atoms with Gasteiger partial charge in [-0.1, -0.05) is 20.8 Å². The summed E-state index contributed by atoms with van der Waals surface area (Å²) in [6, 6.07) is 0.0128. The van der Waals surface area contributed by atoms with Crippen LogP contribution in [0.25, 0.3) is 0 Å². The fourth-order valence-corrected chi connectivity index (χ4v) is 2.14. The monoisotopic (exact) mass is 269 g/mol. The van der Waals surface area contributed by atoms with Gasteiger partial charge in [0.05, 0.1) is 4.92 Å². The maximum atomic E-state index is 11.2.